The summed E-state index contributed by atoms with van der Waals surface area (Å²) >= 11 is 5.51. The monoisotopic (exact) mass is 457 g/mol. The lowest BCUT2D eigenvalue weighted by atomic mass is 9.49. The molecule has 7 nitrogen and oxygen atoms in total. The third-order valence-electron chi connectivity index (χ3n) is 7.00. The van der Waals surface area contributed by atoms with Crippen molar-refractivity contribution in [2.45, 2.75) is 43.4 Å². The van der Waals surface area contributed by atoms with E-state index in [1.54, 1.807) is 18.2 Å². The van der Waals surface area contributed by atoms with E-state index in [1.165, 1.54) is 63.1 Å². The SMILES string of the molecule is O=S(=O)(Nc1ncccn1)c1ccc(NC(=S)NCC23CC4CC(CC(C4)C2)C3)cc1. The Labute approximate surface area is 188 Å². The number of nitrogens with one attached hydrogen (secondary N) is 3. The van der Waals surface area contributed by atoms with E-state index in [1.807, 2.05) is 0 Å². The zero-order valence-corrected chi connectivity index (χ0v) is 18.9. The maximum absolute atomic E-state index is 12.5. The highest BCUT2D eigenvalue weighted by Gasteiger charge is 2.50. The van der Waals surface area contributed by atoms with E-state index in [4.69, 9.17) is 12.2 Å². The molecular formula is C22H27N5O2S2. The number of sulfonamides is 1. The van der Waals surface area contributed by atoms with Gasteiger partial charge in [0.2, 0.25) is 5.95 Å². The van der Waals surface area contributed by atoms with E-state index in [-0.39, 0.29) is 10.8 Å². The van der Waals surface area contributed by atoms with E-state index in [9.17, 15) is 8.42 Å². The molecule has 0 radical (unpaired) electrons. The van der Waals surface area contributed by atoms with Crippen LogP contribution in [0.3, 0.4) is 0 Å². The standard InChI is InChI=1S/C22H27N5O2S2/c28-31(29,27-20-23-6-1-7-24-20)19-4-2-18(3-5-19)26-21(30)25-14-22-11-15-8-16(12-22)10-17(9-15)13-22/h1-7,15-17H,8-14H2,(H,23,24,27)(H2,25,26,30). The van der Waals surface area contributed by atoms with Gasteiger partial charge in [0.25, 0.3) is 10.0 Å². The third-order valence-corrected chi connectivity index (χ3v) is 8.59. The summed E-state index contributed by atoms with van der Waals surface area (Å²) in [5.74, 6) is 2.79. The Kier molecular flexibility index (Phi) is 5.34. The zero-order chi connectivity index (χ0) is 21.5. The van der Waals surface area contributed by atoms with E-state index in [0.29, 0.717) is 10.5 Å². The molecule has 0 saturated heterocycles. The summed E-state index contributed by atoms with van der Waals surface area (Å²) < 4.78 is 27.4. The number of nitrogens with zero attached hydrogens (tertiary/aromatic N) is 2. The second kappa shape index (κ2) is 8.02. The molecule has 164 valence electrons. The first kappa shape index (κ1) is 20.6. The Morgan fingerprint density at radius 2 is 1.58 bits per heavy atom. The third kappa shape index (κ3) is 4.52. The fourth-order valence-electron chi connectivity index (χ4n) is 6.20. The Morgan fingerprint density at radius 3 is 2.16 bits per heavy atom. The molecule has 4 saturated carbocycles. The molecule has 0 atom stereocenters. The van der Waals surface area contributed by atoms with Gasteiger partial charge in [0.05, 0.1) is 4.90 Å². The average Bonchev–Trinajstić information content (AvgIpc) is 2.72. The number of thiocarbonyl (C=S) groups is 1. The van der Waals surface area contributed by atoms with Crippen LogP contribution < -0.4 is 15.4 Å². The van der Waals surface area contributed by atoms with Crippen LogP contribution in [-0.4, -0.2) is 30.0 Å². The summed E-state index contributed by atoms with van der Waals surface area (Å²) in [6, 6.07) is 8.11. The summed E-state index contributed by atoms with van der Waals surface area (Å²) in [7, 11) is -3.75. The first-order valence-corrected chi connectivity index (χ1v) is 12.7. The lowest BCUT2D eigenvalue weighted by molar-refractivity contribution is -0.0490. The predicted octanol–water partition coefficient (Wildman–Crippen LogP) is 3.78. The summed E-state index contributed by atoms with van der Waals surface area (Å²) in [6.07, 6.45) is 11.3. The van der Waals surface area contributed by atoms with Gasteiger partial charge in [-0.3, -0.25) is 0 Å². The van der Waals surface area contributed by atoms with Gasteiger partial charge in [-0.15, -0.1) is 0 Å². The molecule has 2 aromatic rings. The molecule has 4 bridgehead atoms. The highest BCUT2D eigenvalue weighted by molar-refractivity contribution is 7.92. The van der Waals surface area contributed by atoms with Crippen LogP contribution in [0, 0.1) is 23.2 Å². The van der Waals surface area contributed by atoms with Crippen LogP contribution in [-0.2, 0) is 10.0 Å². The fraction of sp³-hybridized carbons (Fsp3) is 0.500. The molecule has 3 N–H and O–H groups in total. The van der Waals surface area contributed by atoms with Gasteiger partial charge < -0.3 is 10.6 Å². The Hall–Kier alpha value is -2.26. The number of hydrogen-bond donors (Lipinski definition) is 3. The maximum Gasteiger partial charge on any atom is 0.264 e. The van der Waals surface area contributed by atoms with E-state index in [2.05, 4.69) is 25.3 Å². The molecule has 4 aliphatic rings. The first-order valence-electron chi connectivity index (χ1n) is 10.8. The van der Waals surface area contributed by atoms with Gasteiger partial charge in [0.15, 0.2) is 5.11 Å². The van der Waals surface area contributed by atoms with Crippen LogP contribution in [0.2, 0.25) is 0 Å². The second-order valence-corrected chi connectivity index (χ2v) is 11.5. The van der Waals surface area contributed by atoms with Gasteiger partial charge in [-0.1, -0.05) is 0 Å². The lowest BCUT2D eigenvalue weighted by Gasteiger charge is -2.57. The van der Waals surface area contributed by atoms with Crippen molar-refractivity contribution in [2.24, 2.45) is 23.2 Å². The predicted molar refractivity (Wildman–Crippen MR) is 124 cm³/mol. The number of rotatable bonds is 6. The molecule has 1 aromatic heterocycles. The minimum absolute atomic E-state index is 0.0414. The number of hydrogen-bond acceptors (Lipinski definition) is 5. The van der Waals surface area contributed by atoms with Gasteiger partial charge in [-0.25, -0.2) is 23.1 Å². The Balaban J connectivity index is 1.17. The van der Waals surface area contributed by atoms with Crippen molar-refractivity contribution >= 4 is 39.0 Å². The minimum atomic E-state index is -3.75. The van der Waals surface area contributed by atoms with Crippen LogP contribution in [0.4, 0.5) is 11.6 Å². The van der Waals surface area contributed by atoms with Crippen LogP contribution in [0.1, 0.15) is 38.5 Å². The van der Waals surface area contributed by atoms with Crippen molar-refractivity contribution < 1.29 is 8.42 Å². The summed E-state index contributed by atoms with van der Waals surface area (Å²) in [5, 5.41) is 7.21. The van der Waals surface area contributed by atoms with Crippen molar-refractivity contribution in [3.05, 3.63) is 42.7 Å². The lowest BCUT2D eigenvalue weighted by Crippen LogP contribution is -2.51. The van der Waals surface area contributed by atoms with Gasteiger partial charge in [0.1, 0.15) is 0 Å². The van der Waals surface area contributed by atoms with E-state index in [0.717, 1.165) is 30.0 Å². The molecule has 0 spiro atoms. The molecule has 31 heavy (non-hydrogen) atoms. The van der Waals surface area contributed by atoms with Crippen LogP contribution >= 0.6 is 12.2 Å². The van der Waals surface area contributed by atoms with Gasteiger partial charge in [-0.05, 0) is 104 Å². The van der Waals surface area contributed by atoms with Crippen molar-refractivity contribution in [1.82, 2.24) is 15.3 Å². The van der Waals surface area contributed by atoms with Gasteiger partial charge in [0, 0.05) is 24.6 Å². The summed E-state index contributed by atoms with van der Waals surface area (Å²) in [6.45, 7) is 0.926. The molecule has 1 heterocycles. The number of anilines is 2. The van der Waals surface area contributed by atoms with Crippen molar-refractivity contribution in [3.8, 4) is 0 Å². The molecule has 4 aliphatic carbocycles. The second-order valence-electron chi connectivity index (χ2n) is 9.43. The summed E-state index contributed by atoms with van der Waals surface area (Å²) in [4.78, 5) is 7.93. The Morgan fingerprint density at radius 1 is 1.00 bits per heavy atom. The van der Waals surface area contributed by atoms with Crippen LogP contribution in [0.25, 0.3) is 0 Å². The smallest absolute Gasteiger partial charge is 0.264 e. The average molecular weight is 458 g/mol. The van der Waals surface area contributed by atoms with Crippen molar-refractivity contribution in [1.29, 1.82) is 0 Å². The largest absolute Gasteiger partial charge is 0.362 e. The van der Waals surface area contributed by atoms with Gasteiger partial charge in [-0.2, -0.15) is 0 Å². The first-order chi connectivity index (χ1) is 14.9. The topological polar surface area (TPSA) is 96.0 Å². The maximum atomic E-state index is 12.5. The van der Waals surface area contributed by atoms with Crippen LogP contribution in [0.5, 0.6) is 0 Å². The van der Waals surface area contributed by atoms with Crippen molar-refractivity contribution in [2.75, 3.05) is 16.6 Å². The number of aromatic nitrogens is 2. The quantitative estimate of drug-likeness (QED) is 0.568. The highest BCUT2D eigenvalue weighted by atomic mass is 32.2. The molecule has 6 rings (SSSR count). The zero-order valence-electron chi connectivity index (χ0n) is 17.3. The number of benzene rings is 1. The summed E-state index contributed by atoms with van der Waals surface area (Å²) in [5.41, 5.74) is 1.15. The van der Waals surface area contributed by atoms with Gasteiger partial charge >= 0.3 is 0 Å². The van der Waals surface area contributed by atoms with E-state index >= 15 is 0 Å². The highest BCUT2D eigenvalue weighted by Crippen LogP contribution is 2.59. The molecular weight excluding hydrogens is 430 g/mol. The van der Waals surface area contributed by atoms with E-state index < -0.39 is 10.0 Å². The van der Waals surface area contributed by atoms with Crippen molar-refractivity contribution in [3.63, 3.8) is 0 Å². The van der Waals surface area contributed by atoms with Crippen LogP contribution in [0.15, 0.2) is 47.6 Å². The molecule has 1 aromatic carbocycles. The molecule has 0 amide bonds. The fourth-order valence-corrected chi connectivity index (χ4v) is 7.35. The normalized spacial score (nSPS) is 28.8. The molecule has 0 unspecified atom stereocenters. The molecule has 4 fully saturated rings. The molecule has 0 aliphatic heterocycles. The minimum Gasteiger partial charge on any atom is -0.362 e. The molecule has 9 heteroatoms. The Bertz CT molecular complexity index is 1020.